The maximum absolute atomic E-state index is 6.21. The largest absolute Gasteiger partial charge is 0.332 e. The van der Waals surface area contributed by atoms with Gasteiger partial charge >= 0.3 is 0 Å². The molecule has 1 aromatic heterocycles. The molecule has 0 aliphatic heterocycles. The molecule has 2 aromatic rings. The Morgan fingerprint density at radius 2 is 1.94 bits per heavy atom. The smallest absolute Gasteiger partial charge is 0.0950 e. The van der Waals surface area contributed by atoms with Gasteiger partial charge in [0, 0.05) is 30.4 Å². The molecule has 0 bridgehead atoms. The molecule has 0 saturated carbocycles. The number of imidazole rings is 1. The minimum atomic E-state index is 0.0328. The van der Waals surface area contributed by atoms with Gasteiger partial charge in [-0.1, -0.05) is 30.3 Å². The normalized spacial score (nSPS) is 12.9. The molecule has 0 saturated heterocycles. The number of hydrogen-bond acceptors (Lipinski definition) is 2. The van der Waals surface area contributed by atoms with Gasteiger partial charge in [0.25, 0.3) is 0 Å². The highest BCUT2D eigenvalue weighted by Crippen LogP contribution is 2.17. The zero-order chi connectivity index (χ0) is 12.3. The average molecular weight is 229 g/mol. The number of nitrogens with zero attached hydrogens (tertiary/aromatic N) is 2. The highest BCUT2D eigenvalue weighted by molar-refractivity contribution is 5.20. The first kappa shape index (κ1) is 11.9. The summed E-state index contributed by atoms with van der Waals surface area (Å²) in [6.07, 6.45) is 4.60. The van der Waals surface area contributed by atoms with Crippen LogP contribution in [0.5, 0.6) is 0 Å². The molecule has 0 aliphatic rings. The first-order valence-corrected chi connectivity index (χ1v) is 5.99. The summed E-state index contributed by atoms with van der Waals surface area (Å²) < 4.78 is 2.17. The molecule has 3 heteroatoms. The van der Waals surface area contributed by atoms with Crippen molar-refractivity contribution in [1.82, 2.24) is 9.55 Å². The number of nitrogens with two attached hydrogens (primary N) is 1. The Morgan fingerprint density at radius 3 is 2.59 bits per heavy atom. The van der Waals surface area contributed by atoms with Crippen molar-refractivity contribution in [2.24, 2.45) is 5.73 Å². The second kappa shape index (κ2) is 5.15. The van der Waals surface area contributed by atoms with E-state index in [9.17, 15) is 0 Å². The van der Waals surface area contributed by atoms with Crippen LogP contribution >= 0.6 is 0 Å². The summed E-state index contributed by atoms with van der Waals surface area (Å²) >= 11 is 0. The van der Waals surface area contributed by atoms with Gasteiger partial charge in [-0.2, -0.15) is 0 Å². The minimum absolute atomic E-state index is 0.0328. The lowest BCUT2D eigenvalue weighted by Crippen LogP contribution is -2.16. The van der Waals surface area contributed by atoms with Crippen LogP contribution < -0.4 is 5.73 Å². The molecule has 1 unspecified atom stereocenters. The van der Waals surface area contributed by atoms with Gasteiger partial charge in [-0.15, -0.1) is 0 Å². The van der Waals surface area contributed by atoms with Gasteiger partial charge in [0.2, 0.25) is 0 Å². The fraction of sp³-hybridized carbons (Fsp3) is 0.357. The van der Waals surface area contributed by atoms with Crippen molar-refractivity contribution < 1.29 is 0 Å². The summed E-state index contributed by atoms with van der Waals surface area (Å²) in [4.78, 5) is 4.20. The molecule has 90 valence electrons. The van der Waals surface area contributed by atoms with Gasteiger partial charge < -0.3 is 10.3 Å². The monoisotopic (exact) mass is 229 g/mol. The van der Waals surface area contributed by atoms with Crippen LogP contribution in [0.1, 0.15) is 37.2 Å². The van der Waals surface area contributed by atoms with Crippen molar-refractivity contribution in [3.05, 3.63) is 54.1 Å². The minimum Gasteiger partial charge on any atom is -0.332 e. The van der Waals surface area contributed by atoms with Crippen LogP contribution in [0.15, 0.2) is 42.9 Å². The molecule has 1 aromatic carbocycles. The van der Waals surface area contributed by atoms with Crippen molar-refractivity contribution in [2.75, 3.05) is 0 Å². The van der Waals surface area contributed by atoms with Crippen LogP contribution in [0.3, 0.4) is 0 Å². The Balaban J connectivity index is 2.13. The third-order valence-corrected chi connectivity index (χ3v) is 2.96. The highest BCUT2D eigenvalue weighted by atomic mass is 15.1. The molecular formula is C14H19N3. The van der Waals surface area contributed by atoms with Crippen molar-refractivity contribution in [2.45, 2.75) is 32.4 Å². The molecule has 0 radical (unpaired) electrons. The van der Waals surface area contributed by atoms with E-state index in [4.69, 9.17) is 5.73 Å². The predicted molar refractivity (Wildman–Crippen MR) is 69.7 cm³/mol. The summed E-state index contributed by atoms with van der Waals surface area (Å²) in [6.45, 7) is 4.30. The van der Waals surface area contributed by atoms with Gasteiger partial charge in [0.05, 0.1) is 6.33 Å². The van der Waals surface area contributed by atoms with E-state index in [-0.39, 0.29) is 6.04 Å². The van der Waals surface area contributed by atoms with Crippen LogP contribution in [-0.2, 0) is 6.42 Å². The number of rotatable bonds is 4. The molecule has 2 N–H and O–H groups in total. The Labute approximate surface area is 102 Å². The fourth-order valence-corrected chi connectivity index (χ4v) is 2.00. The van der Waals surface area contributed by atoms with Gasteiger partial charge in [-0.25, -0.2) is 4.98 Å². The standard InChI is InChI=1S/C14H19N3/c1-11(2)17-10-16-9-13(17)8-14(15)12-6-4-3-5-7-12/h3-7,9-11,14H,8,15H2,1-2H3. The molecule has 17 heavy (non-hydrogen) atoms. The van der Waals surface area contributed by atoms with Gasteiger partial charge in [-0.05, 0) is 19.4 Å². The zero-order valence-corrected chi connectivity index (χ0v) is 10.4. The average Bonchev–Trinajstić information content (AvgIpc) is 2.78. The Hall–Kier alpha value is -1.61. The lowest BCUT2D eigenvalue weighted by Gasteiger charge is -2.15. The first-order valence-electron chi connectivity index (χ1n) is 5.99. The second-order valence-electron chi connectivity index (χ2n) is 4.61. The van der Waals surface area contributed by atoms with Crippen molar-refractivity contribution in [1.29, 1.82) is 0 Å². The maximum atomic E-state index is 6.21. The topological polar surface area (TPSA) is 43.8 Å². The molecule has 0 amide bonds. The third kappa shape index (κ3) is 2.74. The summed E-state index contributed by atoms with van der Waals surface area (Å²) in [6, 6.07) is 10.7. The molecule has 0 aliphatic carbocycles. The van der Waals surface area contributed by atoms with Crippen LogP contribution in [0.25, 0.3) is 0 Å². The zero-order valence-electron chi connectivity index (χ0n) is 10.4. The summed E-state index contributed by atoms with van der Waals surface area (Å²) in [5.41, 5.74) is 8.58. The summed E-state index contributed by atoms with van der Waals surface area (Å²) in [5.74, 6) is 0. The van der Waals surface area contributed by atoms with E-state index in [0.29, 0.717) is 6.04 Å². The van der Waals surface area contributed by atoms with E-state index in [1.54, 1.807) is 0 Å². The highest BCUT2D eigenvalue weighted by Gasteiger charge is 2.11. The molecule has 1 heterocycles. The fourth-order valence-electron chi connectivity index (χ4n) is 2.00. The van der Waals surface area contributed by atoms with Crippen LogP contribution in [0, 0.1) is 0 Å². The summed E-state index contributed by atoms with van der Waals surface area (Å²) in [7, 11) is 0. The quantitative estimate of drug-likeness (QED) is 0.876. The first-order chi connectivity index (χ1) is 8.18. The molecular weight excluding hydrogens is 210 g/mol. The number of benzene rings is 1. The van der Waals surface area contributed by atoms with Crippen LogP contribution in [0.4, 0.5) is 0 Å². The van der Waals surface area contributed by atoms with Gasteiger partial charge in [0.15, 0.2) is 0 Å². The molecule has 2 rings (SSSR count). The lowest BCUT2D eigenvalue weighted by atomic mass is 10.0. The van der Waals surface area contributed by atoms with Gasteiger partial charge in [0.1, 0.15) is 0 Å². The van der Waals surface area contributed by atoms with E-state index in [0.717, 1.165) is 6.42 Å². The maximum Gasteiger partial charge on any atom is 0.0950 e. The Kier molecular flexibility index (Phi) is 3.59. The van der Waals surface area contributed by atoms with E-state index >= 15 is 0 Å². The van der Waals surface area contributed by atoms with Crippen LogP contribution in [-0.4, -0.2) is 9.55 Å². The number of hydrogen-bond donors (Lipinski definition) is 1. The van der Waals surface area contributed by atoms with Crippen LogP contribution in [0.2, 0.25) is 0 Å². The van der Waals surface area contributed by atoms with Crippen molar-refractivity contribution >= 4 is 0 Å². The Morgan fingerprint density at radius 1 is 1.24 bits per heavy atom. The molecule has 3 nitrogen and oxygen atoms in total. The van der Waals surface area contributed by atoms with E-state index in [2.05, 4.69) is 35.5 Å². The SMILES string of the molecule is CC(C)n1cncc1CC(N)c1ccccc1. The van der Waals surface area contributed by atoms with Crippen molar-refractivity contribution in [3.8, 4) is 0 Å². The molecule has 0 fully saturated rings. The summed E-state index contributed by atoms with van der Waals surface area (Å²) in [5, 5.41) is 0. The van der Waals surface area contributed by atoms with Crippen molar-refractivity contribution in [3.63, 3.8) is 0 Å². The van der Waals surface area contributed by atoms with E-state index in [1.165, 1.54) is 11.3 Å². The lowest BCUT2D eigenvalue weighted by molar-refractivity contribution is 0.556. The molecule has 0 spiro atoms. The Bertz CT molecular complexity index is 459. The third-order valence-electron chi connectivity index (χ3n) is 2.96. The van der Waals surface area contributed by atoms with E-state index in [1.807, 2.05) is 30.7 Å². The number of aromatic nitrogens is 2. The predicted octanol–water partition coefficient (Wildman–Crippen LogP) is 2.71. The van der Waals surface area contributed by atoms with E-state index < -0.39 is 0 Å². The van der Waals surface area contributed by atoms with Gasteiger partial charge in [-0.3, -0.25) is 0 Å². The second-order valence-corrected chi connectivity index (χ2v) is 4.61. The molecule has 1 atom stereocenters.